The Bertz CT molecular complexity index is 1550. The SMILES string of the molecule is CCC(C)N1N=CN(c2ccc(-c3ccc(OC[C@@H]4CO[C@@](Cn5nccn5)(c5ccc(Cl)cc5Cl)O4)cc3)cc2)C1O. The molecular weight excluding hydrogens is 591 g/mol. The van der Waals surface area contributed by atoms with E-state index in [0.717, 1.165) is 23.2 Å². The molecule has 0 bridgehead atoms. The van der Waals surface area contributed by atoms with Crippen molar-refractivity contribution in [1.82, 2.24) is 20.0 Å². The van der Waals surface area contributed by atoms with Gasteiger partial charge in [-0.05, 0) is 60.9 Å². The van der Waals surface area contributed by atoms with Crippen LogP contribution in [-0.4, -0.2) is 63.2 Å². The predicted octanol–water partition coefficient (Wildman–Crippen LogP) is 5.74. The number of hydrogen-bond acceptors (Lipinski definition) is 9. The lowest BCUT2D eigenvalue weighted by molar-refractivity contribution is -0.192. The highest BCUT2D eigenvalue weighted by Crippen LogP contribution is 2.40. The van der Waals surface area contributed by atoms with E-state index < -0.39 is 12.1 Å². The minimum absolute atomic E-state index is 0.146. The maximum atomic E-state index is 10.7. The van der Waals surface area contributed by atoms with Gasteiger partial charge in [0.25, 0.3) is 0 Å². The highest BCUT2D eigenvalue weighted by atomic mass is 35.5. The monoisotopic (exact) mass is 622 g/mol. The van der Waals surface area contributed by atoms with Gasteiger partial charge in [0.1, 0.15) is 31.3 Å². The summed E-state index contributed by atoms with van der Waals surface area (Å²) in [7, 11) is 0. The minimum Gasteiger partial charge on any atom is -0.491 e. The van der Waals surface area contributed by atoms with Crippen molar-refractivity contribution in [3.63, 3.8) is 0 Å². The van der Waals surface area contributed by atoms with Crippen molar-refractivity contribution >= 4 is 35.2 Å². The van der Waals surface area contributed by atoms with Gasteiger partial charge in [0.2, 0.25) is 12.1 Å². The molecule has 0 amide bonds. The molecule has 0 saturated carbocycles. The largest absolute Gasteiger partial charge is 0.491 e. The first-order valence-electron chi connectivity index (χ1n) is 14.1. The Morgan fingerprint density at radius 1 is 1.02 bits per heavy atom. The van der Waals surface area contributed by atoms with E-state index in [9.17, 15) is 5.11 Å². The highest BCUT2D eigenvalue weighted by molar-refractivity contribution is 6.35. The van der Waals surface area contributed by atoms with E-state index in [1.807, 2.05) is 55.5 Å². The third kappa shape index (κ3) is 6.20. The molecule has 0 aliphatic carbocycles. The molecule has 224 valence electrons. The number of aliphatic hydroxyl groups excluding tert-OH is 1. The molecule has 6 rings (SSSR count). The number of benzene rings is 3. The van der Waals surface area contributed by atoms with E-state index in [2.05, 4.69) is 22.2 Å². The molecule has 2 unspecified atom stereocenters. The summed E-state index contributed by atoms with van der Waals surface area (Å²) in [4.78, 5) is 3.25. The number of nitrogens with zero attached hydrogens (tertiary/aromatic N) is 6. The predicted molar refractivity (Wildman–Crippen MR) is 165 cm³/mol. The van der Waals surface area contributed by atoms with E-state index in [-0.39, 0.29) is 25.3 Å². The van der Waals surface area contributed by atoms with E-state index in [4.69, 9.17) is 37.4 Å². The first-order valence-corrected chi connectivity index (χ1v) is 14.8. The first-order chi connectivity index (χ1) is 20.8. The van der Waals surface area contributed by atoms with Gasteiger partial charge in [-0.15, -0.1) is 0 Å². The Balaban J connectivity index is 1.08. The molecule has 0 radical (unpaired) electrons. The minimum atomic E-state index is -1.19. The van der Waals surface area contributed by atoms with E-state index >= 15 is 0 Å². The molecule has 3 heterocycles. The lowest BCUT2D eigenvalue weighted by Crippen LogP contribution is -2.43. The smallest absolute Gasteiger partial charge is 0.228 e. The van der Waals surface area contributed by atoms with Gasteiger partial charge >= 0.3 is 0 Å². The summed E-state index contributed by atoms with van der Waals surface area (Å²) >= 11 is 12.7. The summed E-state index contributed by atoms with van der Waals surface area (Å²) in [6.07, 6.45) is 4.58. The fraction of sp³-hybridized carbons (Fsp3) is 0.323. The van der Waals surface area contributed by atoms with Crippen molar-refractivity contribution < 1.29 is 19.3 Å². The Hall–Kier alpha value is -3.67. The van der Waals surface area contributed by atoms with Crippen LogP contribution in [0, 0.1) is 0 Å². The summed E-state index contributed by atoms with van der Waals surface area (Å²) in [5.41, 5.74) is 3.60. The molecule has 0 spiro atoms. The van der Waals surface area contributed by atoms with Crippen molar-refractivity contribution in [1.29, 1.82) is 0 Å². The van der Waals surface area contributed by atoms with E-state index in [1.54, 1.807) is 46.8 Å². The maximum absolute atomic E-state index is 10.7. The average molecular weight is 624 g/mol. The molecule has 1 fully saturated rings. The third-order valence-corrected chi connectivity index (χ3v) is 8.19. The second-order valence-corrected chi connectivity index (χ2v) is 11.3. The molecular formula is C31H32Cl2N6O4. The van der Waals surface area contributed by atoms with Gasteiger partial charge in [-0.25, -0.2) is 5.01 Å². The molecule has 2 aliphatic rings. The zero-order chi connectivity index (χ0) is 30.0. The zero-order valence-electron chi connectivity index (χ0n) is 23.8. The number of rotatable bonds is 10. The maximum Gasteiger partial charge on any atom is 0.228 e. The molecule has 43 heavy (non-hydrogen) atoms. The fourth-order valence-electron chi connectivity index (χ4n) is 5.12. The van der Waals surface area contributed by atoms with Crippen LogP contribution in [0.3, 0.4) is 0 Å². The van der Waals surface area contributed by atoms with Gasteiger partial charge in [-0.1, -0.05) is 60.5 Å². The molecule has 1 saturated heterocycles. The second kappa shape index (κ2) is 12.5. The lowest BCUT2D eigenvalue weighted by atomic mass is 10.1. The van der Waals surface area contributed by atoms with Crippen molar-refractivity contribution in [3.8, 4) is 16.9 Å². The highest BCUT2D eigenvalue weighted by Gasteiger charge is 2.46. The Kier molecular flexibility index (Phi) is 8.56. The van der Waals surface area contributed by atoms with Gasteiger partial charge in [0.15, 0.2) is 0 Å². The van der Waals surface area contributed by atoms with Crippen LogP contribution in [-0.2, 0) is 21.8 Å². The van der Waals surface area contributed by atoms with Gasteiger partial charge in [0.05, 0.1) is 24.0 Å². The molecule has 3 aromatic carbocycles. The molecule has 1 N–H and O–H groups in total. The van der Waals surface area contributed by atoms with Gasteiger partial charge in [0, 0.05) is 22.3 Å². The molecule has 2 aliphatic heterocycles. The molecule has 10 nitrogen and oxygen atoms in total. The Morgan fingerprint density at radius 2 is 1.72 bits per heavy atom. The van der Waals surface area contributed by atoms with E-state index in [0.29, 0.717) is 28.0 Å². The Morgan fingerprint density at radius 3 is 2.40 bits per heavy atom. The van der Waals surface area contributed by atoms with Crippen LogP contribution in [0.4, 0.5) is 5.69 Å². The number of halogens is 2. The van der Waals surface area contributed by atoms with Crippen LogP contribution >= 0.6 is 23.2 Å². The number of ether oxygens (including phenoxy) is 3. The van der Waals surface area contributed by atoms with Crippen molar-refractivity contribution in [2.24, 2.45) is 5.10 Å². The van der Waals surface area contributed by atoms with Crippen LogP contribution < -0.4 is 9.64 Å². The van der Waals surface area contributed by atoms with Crippen molar-refractivity contribution in [2.45, 2.75) is 51.1 Å². The summed E-state index contributed by atoms with van der Waals surface area (Å²) in [6, 6.07) is 21.2. The number of anilines is 1. The van der Waals surface area contributed by atoms with Crippen LogP contribution in [0.2, 0.25) is 10.0 Å². The number of aliphatic hydroxyl groups is 1. The summed E-state index contributed by atoms with van der Waals surface area (Å²) in [6.45, 7) is 4.91. The van der Waals surface area contributed by atoms with Crippen molar-refractivity contribution in [3.05, 3.63) is 94.7 Å². The standard InChI is InChI=1S/C31H32Cl2N6O4/c1-3-21(2)39-30(40)37(20-36-39)25-9-4-22(5-10-25)23-6-11-26(12-7-23)41-17-27-18-42-31(43-27,19-38-34-14-15-35-38)28-13-8-24(32)16-29(28)33/h4-16,20-21,27,30,40H,3,17-19H2,1-2H3/t21?,27-,30?,31-/m1/s1. The topological polar surface area (TPSA) is 97.5 Å². The quantitative estimate of drug-likeness (QED) is 0.239. The second-order valence-electron chi connectivity index (χ2n) is 10.5. The number of hydrazone groups is 1. The number of hydrogen-bond donors (Lipinski definition) is 1. The van der Waals surface area contributed by atoms with Crippen LogP contribution in [0.25, 0.3) is 11.1 Å². The number of aromatic nitrogens is 3. The van der Waals surface area contributed by atoms with E-state index in [1.165, 1.54) is 4.80 Å². The van der Waals surface area contributed by atoms with Crippen LogP contribution in [0.5, 0.6) is 5.75 Å². The molecule has 1 aromatic heterocycles. The van der Waals surface area contributed by atoms with Gasteiger partial charge in [-0.2, -0.15) is 20.1 Å². The molecule has 4 atom stereocenters. The lowest BCUT2D eigenvalue weighted by Gasteiger charge is -2.29. The van der Waals surface area contributed by atoms with Crippen molar-refractivity contribution in [2.75, 3.05) is 18.1 Å². The molecule has 4 aromatic rings. The fourth-order valence-corrected chi connectivity index (χ4v) is 5.67. The van der Waals surface area contributed by atoms with Crippen LogP contribution in [0.1, 0.15) is 25.8 Å². The summed E-state index contributed by atoms with van der Waals surface area (Å²) in [5.74, 6) is -0.477. The van der Waals surface area contributed by atoms with Gasteiger partial charge < -0.3 is 19.3 Å². The zero-order valence-corrected chi connectivity index (χ0v) is 25.3. The van der Waals surface area contributed by atoms with Gasteiger partial charge in [-0.3, -0.25) is 4.90 Å². The summed E-state index contributed by atoms with van der Waals surface area (Å²) < 4.78 is 18.7. The summed E-state index contributed by atoms with van der Waals surface area (Å²) in [5, 5.41) is 26.1. The molecule has 12 heteroatoms. The third-order valence-electron chi connectivity index (χ3n) is 7.64. The van der Waals surface area contributed by atoms with Crippen LogP contribution in [0.15, 0.2) is 84.2 Å². The average Bonchev–Trinajstić information content (AvgIpc) is 3.77. The first kappa shape index (κ1) is 29.4. The Labute approximate surface area is 260 Å². The normalized spacial score (nSPS) is 22.3.